The first-order chi connectivity index (χ1) is 13.5. The Hall–Kier alpha value is -3.42. The molecule has 0 radical (unpaired) electrons. The van der Waals surface area contributed by atoms with Crippen molar-refractivity contribution in [2.45, 2.75) is 25.3 Å². The van der Waals surface area contributed by atoms with Gasteiger partial charge in [-0.3, -0.25) is 9.59 Å². The van der Waals surface area contributed by atoms with Crippen molar-refractivity contribution in [1.29, 1.82) is 0 Å². The number of benzene rings is 1. The zero-order valence-corrected chi connectivity index (χ0v) is 15.3. The maximum absolute atomic E-state index is 12.5. The molecule has 0 unspecified atom stereocenters. The molecule has 3 rings (SSSR count). The molecule has 1 aliphatic carbocycles. The lowest BCUT2D eigenvalue weighted by atomic mass is 10.2. The number of hydrogen-bond acceptors (Lipinski definition) is 6. The number of amides is 2. The van der Waals surface area contributed by atoms with Crippen molar-refractivity contribution in [3.8, 4) is 0 Å². The number of anilines is 2. The predicted molar refractivity (Wildman–Crippen MR) is 104 cm³/mol. The first kappa shape index (κ1) is 19.3. The highest BCUT2D eigenvalue weighted by atomic mass is 16.5. The number of carbonyl (C=O) groups is 3. The van der Waals surface area contributed by atoms with Gasteiger partial charge in [-0.2, -0.15) is 0 Å². The van der Waals surface area contributed by atoms with Crippen LogP contribution in [0.4, 0.5) is 11.5 Å². The van der Waals surface area contributed by atoms with Crippen molar-refractivity contribution in [2.24, 2.45) is 5.73 Å². The molecular weight excluding hydrogens is 360 g/mol. The van der Waals surface area contributed by atoms with E-state index in [0.29, 0.717) is 17.5 Å². The molecule has 0 bridgehead atoms. The van der Waals surface area contributed by atoms with Crippen LogP contribution in [-0.2, 0) is 14.3 Å². The van der Waals surface area contributed by atoms with Crippen molar-refractivity contribution >= 4 is 29.3 Å². The van der Waals surface area contributed by atoms with Gasteiger partial charge < -0.3 is 20.7 Å². The van der Waals surface area contributed by atoms with Crippen molar-refractivity contribution in [3.05, 3.63) is 54.2 Å². The molecule has 1 saturated carbocycles. The van der Waals surface area contributed by atoms with Crippen LogP contribution in [0.2, 0.25) is 0 Å². The second-order valence-corrected chi connectivity index (χ2v) is 6.52. The van der Waals surface area contributed by atoms with Crippen LogP contribution < -0.4 is 16.0 Å². The van der Waals surface area contributed by atoms with Crippen LogP contribution >= 0.6 is 0 Å². The lowest BCUT2D eigenvalue weighted by Gasteiger charge is -2.22. The topological polar surface area (TPSA) is 115 Å². The Kier molecular flexibility index (Phi) is 6.21. The van der Waals surface area contributed by atoms with E-state index in [2.05, 4.69) is 10.3 Å². The Bertz CT molecular complexity index is 835. The number of aromatic nitrogens is 1. The fourth-order valence-corrected chi connectivity index (χ4v) is 2.55. The number of rotatable bonds is 9. The molecule has 28 heavy (non-hydrogen) atoms. The molecule has 2 aromatic rings. The summed E-state index contributed by atoms with van der Waals surface area (Å²) in [7, 11) is 0. The van der Waals surface area contributed by atoms with E-state index in [4.69, 9.17) is 10.5 Å². The van der Waals surface area contributed by atoms with E-state index in [1.165, 1.54) is 11.1 Å². The highest BCUT2D eigenvalue weighted by molar-refractivity contribution is 5.97. The van der Waals surface area contributed by atoms with E-state index in [1.807, 2.05) is 6.07 Å². The lowest BCUT2D eigenvalue weighted by Crippen LogP contribution is -2.37. The van der Waals surface area contributed by atoms with Crippen LogP contribution in [0.3, 0.4) is 0 Å². The van der Waals surface area contributed by atoms with Gasteiger partial charge in [0.1, 0.15) is 5.82 Å². The van der Waals surface area contributed by atoms with Gasteiger partial charge in [-0.25, -0.2) is 9.78 Å². The number of nitrogens with two attached hydrogens (primary N) is 1. The highest BCUT2D eigenvalue weighted by Crippen LogP contribution is 2.23. The molecule has 1 heterocycles. The number of nitrogens with one attached hydrogen (secondary N) is 1. The molecule has 1 aromatic carbocycles. The van der Waals surface area contributed by atoms with E-state index in [-0.39, 0.29) is 18.5 Å². The number of hydrogen-bond donors (Lipinski definition) is 2. The summed E-state index contributed by atoms with van der Waals surface area (Å²) in [6, 6.07) is 12.6. The average Bonchev–Trinajstić information content (AvgIpc) is 3.51. The molecule has 0 saturated heterocycles. The molecular formula is C20H22N4O4. The maximum Gasteiger partial charge on any atom is 0.340 e. The van der Waals surface area contributed by atoms with Crippen LogP contribution in [0.1, 0.15) is 29.6 Å². The second-order valence-electron chi connectivity index (χ2n) is 6.52. The minimum Gasteiger partial charge on any atom is -0.452 e. The van der Waals surface area contributed by atoms with Gasteiger partial charge >= 0.3 is 5.97 Å². The van der Waals surface area contributed by atoms with Crippen molar-refractivity contribution in [3.63, 3.8) is 0 Å². The molecule has 0 spiro atoms. The summed E-state index contributed by atoms with van der Waals surface area (Å²) < 4.78 is 5.13. The van der Waals surface area contributed by atoms with Crippen molar-refractivity contribution < 1.29 is 19.1 Å². The number of primary amides is 1. The highest BCUT2D eigenvalue weighted by Gasteiger charge is 2.22. The molecule has 8 nitrogen and oxygen atoms in total. The van der Waals surface area contributed by atoms with Gasteiger partial charge in [-0.15, -0.1) is 0 Å². The van der Waals surface area contributed by atoms with E-state index >= 15 is 0 Å². The largest absolute Gasteiger partial charge is 0.452 e. The summed E-state index contributed by atoms with van der Waals surface area (Å²) in [5.41, 5.74) is 6.05. The van der Waals surface area contributed by atoms with E-state index in [1.54, 1.807) is 36.4 Å². The molecule has 1 aliphatic rings. The standard InChI is InChI=1S/C20H22N4O4/c21-17(25)10-11-24(16-4-2-1-3-5-16)19(26)13-28-20(27)14-6-9-18(22-12-14)23-15-7-8-15/h1-6,9,12,15H,7-8,10-11,13H2,(H2,21,25)(H,22,23). The Morgan fingerprint density at radius 1 is 1.14 bits per heavy atom. The minimum absolute atomic E-state index is 0.00789. The van der Waals surface area contributed by atoms with Crippen LogP contribution in [-0.4, -0.2) is 42.0 Å². The van der Waals surface area contributed by atoms with Gasteiger partial charge in [0.25, 0.3) is 5.91 Å². The fourth-order valence-electron chi connectivity index (χ4n) is 2.55. The lowest BCUT2D eigenvalue weighted by molar-refractivity contribution is -0.121. The summed E-state index contributed by atoms with van der Waals surface area (Å²) in [6.07, 6.45) is 3.68. The maximum atomic E-state index is 12.5. The van der Waals surface area contributed by atoms with E-state index < -0.39 is 24.4 Å². The van der Waals surface area contributed by atoms with Gasteiger partial charge in [0.15, 0.2) is 6.61 Å². The van der Waals surface area contributed by atoms with Gasteiger partial charge in [0.05, 0.1) is 5.56 Å². The number of nitrogens with zero attached hydrogens (tertiary/aromatic N) is 2. The summed E-state index contributed by atoms with van der Waals surface area (Å²) in [6.45, 7) is -0.340. The van der Waals surface area contributed by atoms with Gasteiger partial charge in [0.2, 0.25) is 5.91 Å². The molecule has 8 heteroatoms. The van der Waals surface area contributed by atoms with Crippen LogP contribution in [0.5, 0.6) is 0 Å². The first-order valence-corrected chi connectivity index (χ1v) is 9.06. The normalized spacial score (nSPS) is 12.9. The zero-order chi connectivity index (χ0) is 19.9. The number of pyridine rings is 1. The second kappa shape index (κ2) is 8.98. The Balaban J connectivity index is 1.57. The SMILES string of the molecule is NC(=O)CCN(C(=O)COC(=O)c1ccc(NC2CC2)nc1)c1ccccc1. The molecule has 146 valence electrons. The Morgan fingerprint density at radius 2 is 1.89 bits per heavy atom. The third-order valence-electron chi connectivity index (χ3n) is 4.21. The first-order valence-electron chi connectivity index (χ1n) is 9.06. The number of ether oxygens (including phenoxy) is 1. The van der Waals surface area contributed by atoms with Crippen LogP contribution in [0.15, 0.2) is 48.7 Å². The summed E-state index contributed by atoms with van der Waals surface area (Å²) in [5, 5.41) is 3.23. The Labute approximate surface area is 162 Å². The van der Waals surface area contributed by atoms with Gasteiger partial charge in [-0.05, 0) is 37.1 Å². The third kappa shape index (κ3) is 5.54. The molecule has 1 fully saturated rings. The quantitative estimate of drug-likeness (QED) is 0.638. The summed E-state index contributed by atoms with van der Waals surface area (Å²) in [5.74, 6) is -0.893. The number of esters is 1. The van der Waals surface area contributed by atoms with E-state index in [0.717, 1.165) is 12.8 Å². The van der Waals surface area contributed by atoms with Crippen molar-refractivity contribution in [1.82, 2.24) is 4.98 Å². The molecule has 0 aliphatic heterocycles. The van der Waals surface area contributed by atoms with Crippen LogP contribution in [0.25, 0.3) is 0 Å². The molecule has 0 atom stereocenters. The van der Waals surface area contributed by atoms with E-state index in [9.17, 15) is 14.4 Å². The predicted octanol–water partition coefficient (Wildman–Crippen LogP) is 1.72. The Morgan fingerprint density at radius 3 is 2.50 bits per heavy atom. The smallest absolute Gasteiger partial charge is 0.340 e. The van der Waals surface area contributed by atoms with Gasteiger partial charge in [-0.1, -0.05) is 18.2 Å². The minimum atomic E-state index is -0.637. The molecule has 1 aromatic heterocycles. The summed E-state index contributed by atoms with van der Waals surface area (Å²) in [4.78, 5) is 41.4. The number of para-hydroxylation sites is 1. The number of carbonyl (C=O) groups excluding carboxylic acids is 3. The average molecular weight is 382 g/mol. The van der Waals surface area contributed by atoms with Crippen LogP contribution in [0, 0.1) is 0 Å². The summed E-state index contributed by atoms with van der Waals surface area (Å²) >= 11 is 0. The third-order valence-corrected chi connectivity index (χ3v) is 4.21. The monoisotopic (exact) mass is 382 g/mol. The molecule has 2 amide bonds. The zero-order valence-electron chi connectivity index (χ0n) is 15.3. The fraction of sp³-hybridized carbons (Fsp3) is 0.300. The van der Waals surface area contributed by atoms with Crippen molar-refractivity contribution in [2.75, 3.05) is 23.4 Å². The van der Waals surface area contributed by atoms with Gasteiger partial charge in [0, 0.05) is 30.9 Å². The molecule has 3 N–H and O–H groups in total.